The predicted molar refractivity (Wildman–Crippen MR) is 86.4 cm³/mol. The van der Waals surface area contributed by atoms with E-state index in [1.807, 2.05) is 6.07 Å². The van der Waals surface area contributed by atoms with E-state index in [1.165, 1.54) is 17.7 Å². The van der Waals surface area contributed by atoms with Gasteiger partial charge in [0.05, 0.1) is 14.8 Å². The normalized spacial score (nSPS) is 14.6. The second kappa shape index (κ2) is 5.60. The van der Waals surface area contributed by atoms with Gasteiger partial charge in [0.25, 0.3) is 0 Å². The van der Waals surface area contributed by atoms with Crippen LogP contribution in [-0.2, 0) is 22.7 Å². The third-order valence-corrected chi connectivity index (χ3v) is 6.19. The molecule has 3 rings (SSSR count). The lowest BCUT2D eigenvalue weighted by molar-refractivity contribution is 0.470. The van der Waals surface area contributed by atoms with Crippen LogP contribution in [0.1, 0.15) is 29.5 Å². The number of phenols is 1. The molecule has 116 valence electrons. The van der Waals surface area contributed by atoms with Gasteiger partial charge < -0.3 is 5.11 Å². The van der Waals surface area contributed by atoms with E-state index in [1.54, 1.807) is 19.1 Å². The van der Waals surface area contributed by atoms with Crippen LogP contribution >= 0.6 is 11.6 Å². The molecule has 5 heteroatoms. The third kappa shape index (κ3) is 2.61. The van der Waals surface area contributed by atoms with E-state index in [0.29, 0.717) is 5.56 Å². The number of halogens is 1. The molecule has 0 saturated heterocycles. The van der Waals surface area contributed by atoms with E-state index in [9.17, 15) is 13.5 Å². The van der Waals surface area contributed by atoms with Gasteiger partial charge in [-0.3, -0.25) is 0 Å². The van der Waals surface area contributed by atoms with Crippen LogP contribution in [0.3, 0.4) is 0 Å². The van der Waals surface area contributed by atoms with Crippen LogP contribution in [0.4, 0.5) is 0 Å². The zero-order valence-electron chi connectivity index (χ0n) is 12.3. The van der Waals surface area contributed by atoms with Crippen molar-refractivity contribution in [1.82, 2.24) is 0 Å². The topological polar surface area (TPSA) is 54.4 Å². The summed E-state index contributed by atoms with van der Waals surface area (Å²) >= 11 is 5.91. The minimum atomic E-state index is -3.63. The number of hydrogen-bond donors (Lipinski definition) is 1. The summed E-state index contributed by atoms with van der Waals surface area (Å²) in [6.45, 7) is 1.63. The highest BCUT2D eigenvalue weighted by Gasteiger charge is 2.22. The monoisotopic (exact) mass is 336 g/mol. The summed E-state index contributed by atoms with van der Waals surface area (Å²) in [7, 11) is -3.63. The zero-order chi connectivity index (χ0) is 15.9. The Hall–Kier alpha value is -1.52. The SMILES string of the molecule is Cc1cc(S(=O)(=O)c2ccc3c(c2)CCCC3)cc(Cl)c1O. The fourth-order valence-corrected chi connectivity index (χ4v) is 4.63. The maximum atomic E-state index is 12.8. The third-order valence-electron chi connectivity index (χ3n) is 4.17. The molecule has 1 aliphatic carbocycles. The van der Waals surface area contributed by atoms with Crippen molar-refractivity contribution in [3.8, 4) is 5.75 Å². The Bertz CT molecular complexity index is 818. The standard InChI is InChI=1S/C17H17ClO3S/c1-11-8-15(10-16(18)17(11)19)22(20,21)14-7-6-12-4-2-3-5-13(12)9-14/h6-10,19H,2-5H2,1H3. The number of sulfone groups is 1. The van der Waals surface area contributed by atoms with Crippen LogP contribution < -0.4 is 0 Å². The van der Waals surface area contributed by atoms with Gasteiger partial charge in [0.2, 0.25) is 9.84 Å². The molecule has 0 fully saturated rings. The summed E-state index contributed by atoms with van der Waals surface area (Å²) in [4.78, 5) is 0.401. The first-order chi connectivity index (χ1) is 10.4. The predicted octanol–water partition coefficient (Wildman–Crippen LogP) is 4.07. The van der Waals surface area contributed by atoms with Crippen molar-refractivity contribution in [2.45, 2.75) is 42.4 Å². The van der Waals surface area contributed by atoms with Crippen LogP contribution in [0.5, 0.6) is 5.75 Å². The summed E-state index contributed by atoms with van der Waals surface area (Å²) in [6, 6.07) is 8.11. The van der Waals surface area contributed by atoms with E-state index in [4.69, 9.17) is 11.6 Å². The first kappa shape index (κ1) is 15.4. The van der Waals surface area contributed by atoms with Gasteiger partial charge in [-0.25, -0.2) is 8.42 Å². The quantitative estimate of drug-likeness (QED) is 0.899. The van der Waals surface area contributed by atoms with Gasteiger partial charge in [0, 0.05) is 0 Å². The lowest BCUT2D eigenvalue weighted by Gasteiger charge is -2.17. The molecular formula is C17H17ClO3S. The van der Waals surface area contributed by atoms with Crippen molar-refractivity contribution in [1.29, 1.82) is 0 Å². The van der Waals surface area contributed by atoms with Gasteiger partial charge in [-0.05, 0) is 73.6 Å². The van der Waals surface area contributed by atoms with Gasteiger partial charge in [0.1, 0.15) is 5.75 Å². The van der Waals surface area contributed by atoms with Crippen LogP contribution in [0, 0.1) is 6.92 Å². The van der Waals surface area contributed by atoms with Crippen molar-refractivity contribution >= 4 is 21.4 Å². The lowest BCUT2D eigenvalue weighted by atomic mass is 9.92. The largest absolute Gasteiger partial charge is 0.506 e. The molecule has 0 spiro atoms. The van der Waals surface area contributed by atoms with Crippen molar-refractivity contribution in [2.24, 2.45) is 0 Å². The molecule has 0 aromatic heterocycles. The molecule has 2 aromatic carbocycles. The first-order valence-electron chi connectivity index (χ1n) is 7.25. The maximum absolute atomic E-state index is 12.8. The highest BCUT2D eigenvalue weighted by atomic mass is 35.5. The Morgan fingerprint density at radius 2 is 1.68 bits per heavy atom. The average Bonchev–Trinajstić information content (AvgIpc) is 2.51. The molecule has 2 aromatic rings. The van der Waals surface area contributed by atoms with Crippen LogP contribution in [-0.4, -0.2) is 13.5 Å². The summed E-state index contributed by atoms with van der Waals surface area (Å²) in [5, 5.41) is 9.75. The van der Waals surface area contributed by atoms with Gasteiger partial charge >= 0.3 is 0 Å². The van der Waals surface area contributed by atoms with E-state index < -0.39 is 9.84 Å². The van der Waals surface area contributed by atoms with E-state index >= 15 is 0 Å². The summed E-state index contributed by atoms with van der Waals surface area (Å²) < 4.78 is 25.6. The minimum absolute atomic E-state index is 0.0523. The lowest BCUT2D eigenvalue weighted by Crippen LogP contribution is -2.07. The van der Waals surface area contributed by atoms with Crippen LogP contribution in [0.2, 0.25) is 5.02 Å². The number of hydrogen-bond acceptors (Lipinski definition) is 3. The highest BCUT2D eigenvalue weighted by molar-refractivity contribution is 7.91. The molecule has 22 heavy (non-hydrogen) atoms. The summed E-state index contributed by atoms with van der Waals surface area (Å²) in [6.07, 6.45) is 4.19. The number of phenolic OH excluding ortho intramolecular Hbond substituents is 1. The smallest absolute Gasteiger partial charge is 0.206 e. The van der Waals surface area contributed by atoms with Crippen molar-refractivity contribution < 1.29 is 13.5 Å². The molecule has 1 N–H and O–H groups in total. The maximum Gasteiger partial charge on any atom is 0.206 e. The molecular weight excluding hydrogens is 320 g/mol. The van der Waals surface area contributed by atoms with Gasteiger partial charge in [0.15, 0.2) is 0 Å². The minimum Gasteiger partial charge on any atom is -0.506 e. The molecule has 0 amide bonds. The Balaban J connectivity index is 2.10. The van der Waals surface area contributed by atoms with Gasteiger partial charge in [-0.15, -0.1) is 0 Å². The summed E-state index contributed by atoms with van der Waals surface area (Å²) in [5.74, 6) is -0.0777. The van der Waals surface area contributed by atoms with E-state index in [0.717, 1.165) is 31.2 Å². The van der Waals surface area contributed by atoms with Crippen LogP contribution in [0.15, 0.2) is 40.1 Å². The molecule has 0 saturated carbocycles. The van der Waals surface area contributed by atoms with Gasteiger partial charge in [-0.2, -0.15) is 0 Å². The van der Waals surface area contributed by atoms with E-state index in [-0.39, 0.29) is 20.6 Å². The van der Waals surface area contributed by atoms with E-state index in [2.05, 4.69) is 0 Å². The molecule has 0 bridgehead atoms. The Morgan fingerprint density at radius 1 is 1.00 bits per heavy atom. The Kier molecular flexibility index (Phi) is 3.91. The zero-order valence-corrected chi connectivity index (χ0v) is 13.8. The van der Waals surface area contributed by atoms with Gasteiger partial charge in [-0.1, -0.05) is 17.7 Å². The number of aromatic hydroxyl groups is 1. The fraction of sp³-hybridized carbons (Fsp3) is 0.294. The molecule has 1 aliphatic rings. The average molecular weight is 337 g/mol. The second-order valence-electron chi connectivity index (χ2n) is 5.71. The Labute approximate surface area is 135 Å². The number of rotatable bonds is 2. The highest BCUT2D eigenvalue weighted by Crippen LogP contribution is 2.33. The Morgan fingerprint density at radius 3 is 2.36 bits per heavy atom. The van der Waals surface area contributed by atoms with Crippen molar-refractivity contribution in [2.75, 3.05) is 0 Å². The molecule has 0 aliphatic heterocycles. The first-order valence-corrected chi connectivity index (χ1v) is 9.12. The number of benzene rings is 2. The number of aryl methyl sites for hydroxylation is 3. The molecule has 0 atom stereocenters. The van der Waals surface area contributed by atoms with Crippen LogP contribution in [0.25, 0.3) is 0 Å². The molecule has 0 heterocycles. The molecule has 0 radical (unpaired) electrons. The fourth-order valence-electron chi connectivity index (χ4n) is 2.87. The molecule has 3 nitrogen and oxygen atoms in total. The number of fused-ring (bicyclic) bond motifs is 1. The molecule has 0 unspecified atom stereocenters. The van der Waals surface area contributed by atoms with Crippen molar-refractivity contribution in [3.63, 3.8) is 0 Å². The summed E-state index contributed by atoms with van der Waals surface area (Å²) in [5.41, 5.74) is 2.81. The van der Waals surface area contributed by atoms with Crippen molar-refractivity contribution in [3.05, 3.63) is 52.0 Å². The second-order valence-corrected chi connectivity index (χ2v) is 8.07.